The zero-order valence-corrected chi connectivity index (χ0v) is 8.88. The van der Waals surface area contributed by atoms with Crippen molar-refractivity contribution in [2.45, 2.75) is 13.3 Å². The van der Waals surface area contributed by atoms with E-state index in [-0.39, 0.29) is 0 Å². The molecule has 2 N–H and O–H groups in total. The van der Waals surface area contributed by atoms with Crippen molar-refractivity contribution >= 4 is 38.7 Å². The van der Waals surface area contributed by atoms with E-state index in [4.69, 9.17) is 17.3 Å². The number of nitrogens with two attached hydrogens (primary N) is 1. The number of fused-ring (bicyclic) bond motifs is 1. The van der Waals surface area contributed by atoms with Gasteiger partial charge in [-0.2, -0.15) is 0 Å². The maximum Gasteiger partial charge on any atom is 0.0502 e. The fourth-order valence-corrected chi connectivity index (χ4v) is 2.91. The van der Waals surface area contributed by atoms with Gasteiger partial charge in [0, 0.05) is 20.5 Å². The Morgan fingerprint density at radius 2 is 2.23 bits per heavy atom. The third-order valence-electron chi connectivity index (χ3n) is 2.17. The molecule has 0 radical (unpaired) electrons. The van der Waals surface area contributed by atoms with Crippen LogP contribution in [0.25, 0.3) is 10.1 Å². The number of thiophene rings is 1. The quantitative estimate of drug-likeness (QED) is 0.765. The van der Waals surface area contributed by atoms with E-state index >= 15 is 0 Å². The highest BCUT2D eigenvalue weighted by molar-refractivity contribution is 7.18. The van der Waals surface area contributed by atoms with Gasteiger partial charge in [0.25, 0.3) is 0 Å². The zero-order chi connectivity index (χ0) is 9.42. The average molecular weight is 212 g/mol. The summed E-state index contributed by atoms with van der Waals surface area (Å²) in [6.07, 6.45) is 0.954. The normalized spacial score (nSPS) is 10.9. The van der Waals surface area contributed by atoms with Crippen molar-refractivity contribution in [3.63, 3.8) is 0 Å². The number of rotatable bonds is 1. The van der Waals surface area contributed by atoms with Crippen LogP contribution in [0, 0.1) is 0 Å². The van der Waals surface area contributed by atoms with Crippen molar-refractivity contribution in [1.82, 2.24) is 0 Å². The van der Waals surface area contributed by atoms with Crippen LogP contribution < -0.4 is 5.73 Å². The van der Waals surface area contributed by atoms with E-state index in [1.54, 1.807) is 11.3 Å². The summed E-state index contributed by atoms with van der Waals surface area (Å²) in [4.78, 5) is 0. The van der Waals surface area contributed by atoms with E-state index in [9.17, 15) is 0 Å². The predicted molar refractivity (Wildman–Crippen MR) is 60.6 cm³/mol. The van der Waals surface area contributed by atoms with Gasteiger partial charge in [-0.25, -0.2) is 0 Å². The Bertz CT molecular complexity index is 447. The minimum absolute atomic E-state index is 0.844. The van der Waals surface area contributed by atoms with Crippen LogP contribution in [0.5, 0.6) is 0 Å². The lowest BCUT2D eigenvalue weighted by molar-refractivity contribution is 1.16. The fraction of sp³-hybridized carbons (Fsp3) is 0.200. The number of hydrogen-bond donors (Lipinski definition) is 1. The maximum absolute atomic E-state index is 6.08. The molecule has 1 nitrogen and oxygen atoms in total. The summed E-state index contributed by atoms with van der Waals surface area (Å²) < 4.78 is 1.23. The van der Waals surface area contributed by atoms with Gasteiger partial charge in [-0.3, -0.25) is 0 Å². The number of hydrogen-bond acceptors (Lipinski definition) is 2. The molecule has 1 heterocycles. The number of halogens is 1. The van der Waals surface area contributed by atoms with Crippen LogP contribution in [-0.4, -0.2) is 0 Å². The van der Waals surface area contributed by atoms with Gasteiger partial charge < -0.3 is 5.73 Å². The number of nitrogen functional groups attached to an aromatic ring is 1. The van der Waals surface area contributed by atoms with E-state index in [0.717, 1.165) is 22.5 Å². The molecule has 0 aliphatic heterocycles. The smallest absolute Gasteiger partial charge is 0.0502 e. The SMILES string of the molecule is CCc1c(Cl)ccc2c(N)csc12. The van der Waals surface area contributed by atoms with Gasteiger partial charge in [-0.15, -0.1) is 11.3 Å². The fourth-order valence-electron chi connectivity index (χ4n) is 1.48. The molecule has 0 saturated heterocycles. The standard InChI is InChI=1S/C10H10ClNS/c1-2-6-8(11)4-3-7-9(12)5-13-10(6)7/h3-5H,2,12H2,1H3. The van der Waals surface area contributed by atoms with Crippen molar-refractivity contribution in [2.75, 3.05) is 5.73 Å². The second kappa shape index (κ2) is 3.20. The molecule has 68 valence electrons. The second-order valence-electron chi connectivity index (χ2n) is 2.95. The molecule has 0 aliphatic rings. The van der Waals surface area contributed by atoms with Crippen LogP contribution in [0.2, 0.25) is 5.02 Å². The van der Waals surface area contributed by atoms with Crippen LogP contribution in [0.3, 0.4) is 0 Å². The lowest BCUT2D eigenvalue weighted by atomic mass is 10.1. The van der Waals surface area contributed by atoms with Gasteiger partial charge in [-0.1, -0.05) is 18.5 Å². The summed E-state index contributed by atoms with van der Waals surface area (Å²) in [6.45, 7) is 2.11. The first-order valence-electron chi connectivity index (χ1n) is 4.18. The summed E-state index contributed by atoms with van der Waals surface area (Å²) in [5.41, 5.74) is 7.88. The Balaban J connectivity index is 2.85. The van der Waals surface area contributed by atoms with Crippen molar-refractivity contribution in [3.05, 3.63) is 28.1 Å². The summed E-state index contributed by atoms with van der Waals surface area (Å²) in [6, 6.07) is 3.91. The van der Waals surface area contributed by atoms with E-state index in [0.29, 0.717) is 0 Å². The van der Waals surface area contributed by atoms with Crippen LogP contribution in [0.4, 0.5) is 5.69 Å². The van der Waals surface area contributed by atoms with Crippen molar-refractivity contribution in [2.24, 2.45) is 0 Å². The molecule has 2 rings (SSSR count). The van der Waals surface area contributed by atoms with Crippen molar-refractivity contribution < 1.29 is 0 Å². The first-order chi connectivity index (χ1) is 6.24. The Morgan fingerprint density at radius 3 is 2.92 bits per heavy atom. The molecule has 0 bridgehead atoms. The number of benzene rings is 1. The molecule has 1 aromatic heterocycles. The van der Waals surface area contributed by atoms with Gasteiger partial charge >= 0.3 is 0 Å². The largest absolute Gasteiger partial charge is 0.398 e. The number of aryl methyl sites for hydroxylation is 1. The molecule has 0 fully saturated rings. The molecule has 0 spiro atoms. The Kier molecular flexibility index (Phi) is 2.18. The monoisotopic (exact) mass is 211 g/mol. The van der Waals surface area contributed by atoms with E-state index in [1.165, 1.54) is 10.3 Å². The summed E-state index contributed by atoms with van der Waals surface area (Å²) >= 11 is 7.75. The van der Waals surface area contributed by atoms with Crippen LogP contribution in [-0.2, 0) is 6.42 Å². The summed E-state index contributed by atoms with van der Waals surface area (Å²) in [5.74, 6) is 0. The first-order valence-corrected chi connectivity index (χ1v) is 5.44. The maximum atomic E-state index is 6.08. The first kappa shape index (κ1) is 8.85. The predicted octanol–water partition coefficient (Wildman–Crippen LogP) is 3.70. The van der Waals surface area contributed by atoms with Gasteiger partial charge in [0.2, 0.25) is 0 Å². The number of anilines is 1. The topological polar surface area (TPSA) is 26.0 Å². The highest BCUT2D eigenvalue weighted by Crippen LogP contribution is 2.34. The minimum Gasteiger partial charge on any atom is -0.398 e. The minimum atomic E-state index is 0.844. The molecular formula is C10H10ClNS. The van der Waals surface area contributed by atoms with Crippen molar-refractivity contribution in [1.29, 1.82) is 0 Å². The van der Waals surface area contributed by atoms with Crippen LogP contribution in [0.15, 0.2) is 17.5 Å². The molecule has 3 heteroatoms. The molecule has 0 amide bonds. The lowest BCUT2D eigenvalue weighted by Gasteiger charge is -2.02. The van der Waals surface area contributed by atoms with E-state index in [2.05, 4.69) is 6.92 Å². The van der Waals surface area contributed by atoms with Crippen molar-refractivity contribution in [3.8, 4) is 0 Å². The second-order valence-corrected chi connectivity index (χ2v) is 4.23. The molecule has 0 atom stereocenters. The third-order valence-corrected chi connectivity index (χ3v) is 3.60. The zero-order valence-electron chi connectivity index (χ0n) is 7.30. The third kappa shape index (κ3) is 1.30. The van der Waals surface area contributed by atoms with Gasteiger partial charge in [0.05, 0.1) is 5.69 Å². The molecular weight excluding hydrogens is 202 g/mol. The highest BCUT2D eigenvalue weighted by atomic mass is 35.5. The highest BCUT2D eigenvalue weighted by Gasteiger charge is 2.07. The molecule has 0 aliphatic carbocycles. The Labute approximate surface area is 86.1 Å². The van der Waals surface area contributed by atoms with E-state index < -0.39 is 0 Å². The van der Waals surface area contributed by atoms with E-state index in [1.807, 2.05) is 17.5 Å². The summed E-state index contributed by atoms with van der Waals surface area (Å²) in [5, 5.41) is 3.95. The Morgan fingerprint density at radius 1 is 1.46 bits per heavy atom. The van der Waals surface area contributed by atoms with Gasteiger partial charge in [0.1, 0.15) is 0 Å². The van der Waals surface area contributed by atoms with Crippen LogP contribution >= 0.6 is 22.9 Å². The van der Waals surface area contributed by atoms with Gasteiger partial charge in [0.15, 0.2) is 0 Å². The van der Waals surface area contributed by atoms with Gasteiger partial charge in [-0.05, 0) is 24.1 Å². The van der Waals surface area contributed by atoms with Crippen LogP contribution in [0.1, 0.15) is 12.5 Å². The molecule has 2 aromatic rings. The average Bonchev–Trinajstić information content (AvgIpc) is 2.48. The summed E-state index contributed by atoms with van der Waals surface area (Å²) in [7, 11) is 0. The molecule has 13 heavy (non-hydrogen) atoms. The molecule has 1 aromatic carbocycles. The Hall–Kier alpha value is -0.730. The molecule has 0 saturated carbocycles. The lowest BCUT2D eigenvalue weighted by Crippen LogP contribution is -1.84. The molecule has 0 unspecified atom stereocenters.